The number of hydrogen-bond acceptors (Lipinski definition) is 2. The number of hydrogen-bond donors (Lipinski definition) is 1. The molecule has 0 aliphatic carbocycles. The zero-order chi connectivity index (χ0) is 13.3. The maximum Gasteiger partial charge on any atom is 0.411 e. The maximum atomic E-state index is 11.7. The predicted octanol–water partition coefficient (Wildman–Crippen LogP) is 2.48. The normalized spacial score (nSPS) is 13.5. The molecule has 1 atom stereocenters. The molecule has 0 heterocycles. The van der Waals surface area contributed by atoms with Gasteiger partial charge in [0.1, 0.15) is 6.61 Å². The highest BCUT2D eigenvalue weighted by Crippen LogP contribution is 2.14. The number of ether oxygens (including phenoxy) is 1. The summed E-state index contributed by atoms with van der Waals surface area (Å²) in [6.07, 6.45) is -2.96. The minimum Gasteiger partial charge on any atom is -0.372 e. The fourth-order valence-corrected chi connectivity index (χ4v) is 1.12. The third-order valence-corrected chi connectivity index (χ3v) is 2.49. The first-order chi connectivity index (χ1) is 7.85. The molecule has 3 nitrogen and oxygen atoms in total. The van der Waals surface area contributed by atoms with Crippen molar-refractivity contribution in [3.05, 3.63) is 0 Å². The number of halogens is 4. The highest BCUT2D eigenvalue weighted by atomic mass is 35.5. The Kier molecular flexibility index (Phi) is 8.33. The van der Waals surface area contributed by atoms with Crippen molar-refractivity contribution in [1.82, 2.24) is 5.32 Å². The molecule has 17 heavy (non-hydrogen) atoms. The van der Waals surface area contributed by atoms with Crippen LogP contribution in [0.25, 0.3) is 0 Å². The monoisotopic (exact) mass is 275 g/mol. The molecule has 0 saturated heterocycles. The molecule has 0 aromatic carbocycles. The molecule has 0 spiro atoms. The Hall–Kier alpha value is -0.490. The van der Waals surface area contributed by atoms with E-state index in [1.54, 1.807) is 0 Å². The average Bonchev–Trinajstić information content (AvgIpc) is 2.23. The van der Waals surface area contributed by atoms with Gasteiger partial charge in [0.2, 0.25) is 5.91 Å². The van der Waals surface area contributed by atoms with Gasteiger partial charge in [-0.3, -0.25) is 4.79 Å². The Morgan fingerprint density at radius 2 is 2.12 bits per heavy atom. The summed E-state index contributed by atoms with van der Waals surface area (Å²) in [7, 11) is 0. The smallest absolute Gasteiger partial charge is 0.372 e. The maximum absolute atomic E-state index is 11.7. The van der Waals surface area contributed by atoms with Crippen molar-refractivity contribution in [2.75, 3.05) is 19.8 Å². The number of nitrogens with one attached hydrogen (secondary N) is 1. The van der Waals surface area contributed by atoms with E-state index >= 15 is 0 Å². The molecule has 1 N–H and O–H groups in total. The van der Waals surface area contributed by atoms with Gasteiger partial charge in [-0.2, -0.15) is 13.2 Å². The Bertz CT molecular complexity index is 224. The molecule has 0 aromatic rings. The predicted molar refractivity (Wildman–Crippen MR) is 59.0 cm³/mol. The summed E-state index contributed by atoms with van der Waals surface area (Å²) in [5.74, 6) is -0.327. The summed E-state index contributed by atoms with van der Waals surface area (Å²) < 4.78 is 39.3. The van der Waals surface area contributed by atoms with Gasteiger partial charge in [-0.1, -0.05) is 6.92 Å². The van der Waals surface area contributed by atoms with Gasteiger partial charge in [-0.15, -0.1) is 11.6 Å². The van der Waals surface area contributed by atoms with Gasteiger partial charge in [0, 0.05) is 18.3 Å². The van der Waals surface area contributed by atoms with Crippen molar-refractivity contribution in [3.8, 4) is 0 Å². The summed E-state index contributed by atoms with van der Waals surface area (Å²) in [5, 5.41) is 2.57. The summed E-state index contributed by atoms with van der Waals surface area (Å²) in [6.45, 7) is 0.813. The number of carbonyl (C=O) groups excluding carboxylic acids is 1. The second-order valence-electron chi connectivity index (χ2n) is 3.56. The summed E-state index contributed by atoms with van der Waals surface area (Å²) in [5.41, 5.74) is 0. The van der Waals surface area contributed by atoms with Crippen LogP contribution < -0.4 is 5.32 Å². The molecular formula is C10H17ClF3NO2. The van der Waals surface area contributed by atoms with Gasteiger partial charge in [0.15, 0.2) is 0 Å². The van der Waals surface area contributed by atoms with E-state index in [0.29, 0.717) is 13.0 Å². The summed E-state index contributed by atoms with van der Waals surface area (Å²) in [4.78, 5) is 11.1. The fourth-order valence-electron chi connectivity index (χ4n) is 1.01. The van der Waals surface area contributed by atoms with Gasteiger partial charge in [0.25, 0.3) is 0 Å². The van der Waals surface area contributed by atoms with Gasteiger partial charge < -0.3 is 10.1 Å². The van der Waals surface area contributed by atoms with E-state index in [2.05, 4.69) is 10.1 Å². The van der Waals surface area contributed by atoms with E-state index in [1.165, 1.54) is 0 Å². The lowest BCUT2D eigenvalue weighted by atomic mass is 10.2. The molecule has 0 saturated carbocycles. The van der Waals surface area contributed by atoms with Crippen molar-refractivity contribution in [2.24, 2.45) is 0 Å². The van der Waals surface area contributed by atoms with Crippen molar-refractivity contribution in [1.29, 1.82) is 0 Å². The Morgan fingerprint density at radius 1 is 1.47 bits per heavy atom. The highest BCUT2D eigenvalue weighted by Gasteiger charge is 2.27. The van der Waals surface area contributed by atoms with Crippen LogP contribution in [0.3, 0.4) is 0 Å². The van der Waals surface area contributed by atoms with Gasteiger partial charge >= 0.3 is 6.18 Å². The Morgan fingerprint density at radius 3 is 2.65 bits per heavy atom. The molecule has 1 unspecified atom stereocenters. The van der Waals surface area contributed by atoms with Crippen LogP contribution in [-0.2, 0) is 9.53 Å². The van der Waals surface area contributed by atoms with Crippen LogP contribution in [0.2, 0.25) is 0 Å². The third-order valence-electron chi connectivity index (χ3n) is 1.96. The Balaban J connectivity index is 3.41. The quantitative estimate of drug-likeness (QED) is 0.546. The van der Waals surface area contributed by atoms with E-state index in [9.17, 15) is 18.0 Å². The van der Waals surface area contributed by atoms with Crippen LogP contribution in [0.4, 0.5) is 13.2 Å². The van der Waals surface area contributed by atoms with E-state index in [1.807, 2.05) is 6.92 Å². The minimum absolute atomic E-state index is 0.0109. The SMILES string of the molecule is CCC(Cl)CCNC(=O)CCOCC(F)(F)F. The van der Waals surface area contributed by atoms with E-state index < -0.39 is 12.8 Å². The molecule has 7 heteroatoms. The fraction of sp³-hybridized carbons (Fsp3) is 0.900. The summed E-state index contributed by atoms with van der Waals surface area (Å²) >= 11 is 5.82. The number of amides is 1. The lowest BCUT2D eigenvalue weighted by molar-refractivity contribution is -0.174. The molecule has 0 rings (SSSR count). The van der Waals surface area contributed by atoms with Crippen LogP contribution in [0.1, 0.15) is 26.2 Å². The second kappa shape index (κ2) is 8.58. The van der Waals surface area contributed by atoms with E-state index in [4.69, 9.17) is 11.6 Å². The molecule has 0 fully saturated rings. The van der Waals surface area contributed by atoms with Gasteiger partial charge in [0.05, 0.1) is 6.61 Å². The first-order valence-corrected chi connectivity index (χ1v) is 5.84. The molecule has 0 aliphatic rings. The molecule has 102 valence electrons. The van der Waals surface area contributed by atoms with Crippen molar-refractivity contribution in [3.63, 3.8) is 0 Å². The van der Waals surface area contributed by atoms with Crippen molar-refractivity contribution in [2.45, 2.75) is 37.7 Å². The van der Waals surface area contributed by atoms with Gasteiger partial charge in [-0.25, -0.2) is 0 Å². The first-order valence-electron chi connectivity index (χ1n) is 5.40. The number of alkyl halides is 4. The standard InChI is InChI=1S/C10H17ClF3NO2/c1-2-8(11)3-5-15-9(16)4-6-17-7-10(12,13)14/h8H,2-7H2,1H3,(H,15,16). The van der Waals surface area contributed by atoms with Crippen LogP contribution in [-0.4, -0.2) is 37.2 Å². The van der Waals surface area contributed by atoms with E-state index in [0.717, 1.165) is 6.42 Å². The molecule has 0 aliphatic heterocycles. The largest absolute Gasteiger partial charge is 0.411 e. The lowest BCUT2D eigenvalue weighted by Crippen LogP contribution is -2.27. The second-order valence-corrected chi connectivity index (χ2v) is 4.18. The lowest BCUT2D eigenvalue weighted by Gasteiger charge is -2.09. The molecule has 0 radical (unpaired) electrons. The molecular weight excluding hydrogens is 259 g/mol. The number of rotatable bonds is 8. The topological polar surface area (TPSA) is 38.3 Å². The van der Waals surface area contributed by atoms with Crippen molar-refractivity contribution < 1.29 is 22.7 Å². The van der Waals surface area contributed by atoms with E-state index in [-0.39, 0.29) is 24.3 Å². The van der Waals surface area contributed by atoms with Crippen LogP contribution >= 0.6 is 11.6 Å². The zero-order valence-electron chi connectivity index (χ0n) is 9.65. The third kappa shape index (κ3) is 11.8. The molecule has 0 aromatic heterocycles. The van der Waals surface area contributed by atoms with Gasteiger partial charge in [-0.05, 0) is 12.8 Å². The average molecular weight is 276 g/mol. The van der Waals surface area contributed by atoms with Crippen molar-refractivity contribution >= 4 is 17.5 Å². The van der Waals surface area contributed by atoms with Crippen LogP contribution in [0.5, 0.6) is 0 Å². The number of carbonyl (C=O) groups is 1. The summed E-state index contributed by atoms with van der Waals surface area (Å²) in [6, 6.07) is 0. The molecule has 0 bridgehead atoms. The Labute approximate surface area is 104 Å². The highest BCUT2D eigenvalue weighted by molar-refractivity contribution is 6.20. The van der Waals surface area contributed by atoms with Crippen LogP contribution in [0, 0.1) is 0 Å². The minimum atomic E-state index is -4.34. The first kappa shape index (κ1) is 16.5. The van der Waals surface area contributed by atoms with Crippen LogP contribution in [0.15, 0.2) is 0 Å². The molecule has 1 amide bonds. The zero-order valence-corrected chi connectivity index (χ0v) is 10.4.